The number of hydrogen-bond acceptors (Lipinski definition) is 4. The average molecular weight is 386 g/mol. The van der Waals surface area contributed by atoms with E-state index in [0.717, 1.165) is 5.56 Å². The minimum Gasteiger partial charge on any atom is -0.497 e. The number of esters is 1. The summed E-state index contributed by atoms with van der Waals surface area (Å²) in [5, 5.41) is 0. The smallest absolute Gasteiger partial charge is 0.338 e. The van der Waals surface area contributed by atoms with Gasteiger partial charge >= 0.3 is 5.97 Å². The SMILES string of the molecule is COC(=O)/C(=C(\CC(=O)c1ccc(OC)cc1)c1ccccc1)c1ccccc1. The van der Waals surface area contributed by atoms with E-state index in [1.165, 1.54) is 7.11 Å². The molecule has 0 N–H and O–H groups in total. The zero-order valence-electron chi connectivity index (χ0n) is 16.4. The maximum absolute atomic E-state index is 13.0. The number of rotatable bonds is 7. The maximum atomic E-state index is 13.0. The molecule has 4 heteroatoms. The number of ether oxygens (including phenoxy) is 2. The Kier molecular flexibility index (Phi) is 6.59. The molecule has 0 amide bonds. The molecule has 0 unspecified atom stereocenters. The lowest BCUT2D eigenvalue weighted by atomic mass is 9.89. The van der Waals surface area contributed by atoms with Gasteiger partial charge in [-0.05, 0) is 41.0 Å². The molecular weight excluding hydrogens is 364 g/mol. The Morgan fingerprint density at radius 2 is 1.24 bits per heavy atom. The van der Waals surface area contributed by atoms with Crippen molar-refractivity contribution >= 4 is 22.9 Å². The second-order valence-corrected chi connectivity index (χ2v) is 6.41. The molecule has 0 aliphatic carbocycles. The quantitative estimate of drug-likeness (QED) is 0.247. The van der Waals surface area contributed by atoms with Gasteiger partial charge in [-0.15, -0.1) is 0 Å². The second-order valence-electron chi connectivity index (χ2n) is 6.41. The number of carbonyl (C=O) groups excluding carboxylic acids is 2. The fourth-order valence-electron chi connectivity index (χ4n) is 3.14. The highest BCUT2D eigenvalue weighted by atomic mass is 16.5. The van der Waals surface area contributed by atoms with E-state index in [9.17, 15) is 9.59 Å². The van der Waals surface area contributed by atoms with Gasteiger partial charge in [-0.2, -0.15) is 0 Å². The van der Waals surface area contributed by atoms with Crippen molar-refractivity contribution in [1.82, 2.24) is 0 Å². The van der Waals surface area contributed by atoms with Crippen LogP contribution in [0.1, 0.15) is 27.9 Å². The van der Waals surface area contributed by atoms with Crippen molar-refractivity contribution in [2.75, 3.05) is 14.2 Å². The van der Waals surface area contributed by atoms with Gasteiger partial charge in [-0.1, -0.05) is 60.7 Å². The second kappa shape index (κ2) is 9.51. The van der Waals surface area contributed by atoms with Gasteiger partial charge in [0.15, 0.2) is 5.78 Å². The molecule has 146 valence electrons. The monoisotopic (exact) mass is 386 g/mol. The Hall–Kier alpha value is -3.66. The van der Waals surface area contributed by atoms with Crippen LogP contribution in [0.3, 0.4) is 0 Å². The zero-order valence-corrected chi connectivity index (χ0v) is 16.4. The summed E-state index contributed by atoms with van der Waals surface area (Å²) in [5.74, 6) is 0.112. The predicted molar refractivity (Wildman–Crippen MR) is 114 cm³/mol. The molecule has 0 aliphatic rings. The molecular formula is C25H22O4. The van der Waals surface area contributed by atoms with Crippen molar-refractivity contribution < 1.29 is 19.1 Å². The van der Waals surface area contributed by atoms with Crippen LogP contribution in [0.15, 0.2) is 84.9 Å². The van der Waals surface area contributed by atoms with E-state index < -0.39 is 5.97 Å². The van der Waals surface area contributed by atoms with E-state index in [2.05, 4.69) is 0 Å². The minimum atomic E-state index is -0.474. The number of benzene rings is 3. The summed E-state index contributed by atoms with van der Waals surface area (Å²) < 4.78 is 10.2. The first-order valence-electron chi connectivity index (χ1n) is 9.23. The van der Waals surface area contributed by atoms with E-state index in [0.29, 0.717) is 28.0 Å². The third-order valence-corrected chi connectivity index (χ3v) is 4.63. The highest BCUT2D eigenvalue weighted by Gasteiger charge is 2.22. The fourth-order valence-corrected chi connectivity index (χ4v) is 3.14. The molecule has 0 atom stereocenters. The van der Waals surface area contributed by atoms with Crippen molar-refractivity contribution in [1.29, 1.82) is 0 Å². The standard InChI is InChI=1S/C25H22O4/c1-28-21-15-13-19(14-16-21)23(26)17-22(18-9-5-3-6-10-18)24(25(27)29-2)20-11-7-4-8-12-20/h3-16H,17H2,1-2H3/b24-22+. The zero-order chi connectivity index (χ0) is 20.6. The first-order chi connectivity index (χ1) is 14.1. The predicted octanol–water partition coefficient (Wildman–Crippen LogP) is 5.05. The fraction of sp³-hybridized carbons (Fsp3) is 0.120. The van der Waals surface area contributed by atoms with Crippen LogP contribution in [-0.4, -0.2) is 26.0 Å². The largest absolute Gasteiger partial charge is 0.497 e. The molecule has 0 saturated carbocycles. The highest BCUT2D eigenvalue weighted by Crippen LogP contribution is 2.31. The van der Waals surface area contributed by atoms with Crippen LogP contribution in [0.4, 0.5) is 0 Å². The molecule has 0 heterocycles. The summed E-state index contributed by atoms with van der Waals surface area (Å²) in [6.45, 7) is 0. The van der Waals surface area contributed by atoms with Crippen molar-refractivity contribution in [3.05, 3.63) is 102 Å². The molecule has 0 bridgehead atoms. The molecule has 0 spiro atoms. The Morgan fingerprint density at radius 3 is 1.76 bits per heavy atom. The van der Waals surface area contributed by atoms with Crippen molar-refractivity contribution in [2.24, 2.45) is 0 Å². The van der Waals surface area contributed by atoms with Crippen molar-refractivity contribution in [3.8, 4) is 5.75 Å². The molecule has 0 fully saturated rings. The summed E-state index contributed by atoms with van der Waals surface area (Å²) in [6.07, 6.45) is 0.0651. The third-order valence-electron chi connectivity index (χ3n) is 4.63. The maximum Gasteiger partial charge on any atom is 0.338 e. The van der Waals surface area contributed by atoms with Gasteiger partial charge in [-0.3, -0.25) is 4.79 Å². The summed E-state index contributed by atoms with van der Waals surface area (Å²) >= 11 is 0. The van der Waals surface area contributed by atoms with Gasteiger partial charge in [0.2, 0.25) is 0 Å². The average Bonchev–Trinajstić information content (AvgIpc) is 2.79. The van der Waals surface area contributed by atoms with E-state index in [4.69, 9.17) is 9.47 Å². The Balaban J connectivity index is 2.11. The molecule has 3 rings (SSSR count). The highest BCUT2D eigenvalue weighted by molar-refractivity contribution is 6.26. The van der Waals surface area contributed by atoms with Crippen molar-refractivity contribution in [2.45, 2.75) is 6.42 Å². The molecule has 3 aromatic carbocycles. The number of allylic oxidation sites excluding steroid dienone is 1. The Bertz CT molecular complexity index is 1000. The first kappa shape index (κ1) is 20.1. The van der Waals surface area contributed by atoms with Gasteiger partial charge in [0.25, 0.3) is 0 Å². The van der Waals surface area contributed by atoms with E-state index >= 15 is 0 Å². The first-order valence-corrected chi connectivity index (χ1v) is 9.23. The van der Waals surface area contributed by atoms with Gasteiger partial charge in [0.05, 0.1) is 19.8 Å². The summed E-state index contributed by atoms with van der Waals surface area (Å²) in [4.78, 5) is 25.8. The molecule has 0 aromatic heterocycles. The lowest BCUT2D eigenvalue weighted by Crippen LogP contribution is -2.10. The summed E-state index contributed by atoms with van der Waals surface area (Å²) in [6, 6.07) is 25.7. The number of methoxy groups -OCH3 is 2. The molecule has 29 heavy (non-hydrogen) atoms. The van der Waals surface area contributed by atoms with Crippen LogP contribution in [0.2, 0.25) is 0 Å². The minimum absolute atomic E-state index is 0.0651. The van der Waals surface area contributed by atoms with Crippen LogP contribution in [0.25, 0.3) is 11.1 Å². The van der Waals surface area contributed by atoms with Gasteiger partial charge < -0.3 is 9.47 Å². The number of carbonyl (C=O) groups is 2. The molecule has 3 aromatic rings. The van der Waals surface area contributed by atoms with Crippen molar-refractivity contribution in [3.63, 3.8) is 0 Å². The Morgan fingerprint density at radius 1 is 0.690 bits per heavy atom. The van der Waals surface area contributed by atoms with Crippen LogP contribution in [-0.2, 0) is 9.53 Å². The van der Waals surface area contributed by atoms with Crippen LogP contribution in [0.5, 0.6) is 5.75 Å². The van der Waals surface area contributed by atoms with Gasteiger partial charge in [-0.25, -0.2) is 4.79 Å². The molecule has 0 saturated heterocycles. The van der Waals surface area contributed by atoms with Crippen LogP contribution in [0, 0.1) is 0 Å². The Labute approximate surface area is 170 Å². The molecule has 4 nitrogen and oxygen atoms in total. The lowest BCUT2D eigenvalue weighted by molar-refractivity contribution is -0.133. The normalized spacial score (nSPS) is 11.4. The molecule has 0 radical (unpaired) electrons. The number of ketones is 1. The van der Waals surface area contributed by atoms with Crippen LogP contribution >= 0.6 is 0 Å². The van der Waals surface area contributed by atoms with E-state index in [1.807, 2.05) is 60.7 Å². The summed E-state index contributed by atoms with van der Waals surface area (Å²) in [5.41, 5.74) is 3.08. The molecule has 0 aliphatic heterocycles. The van der Waals surface area contributed by atoms with Gasteiger partial charge in [0, 0.05) is 12.0 Å². The third kappa shape index (κ3) is 4.79. The topological polar surface area (TPSA) is 52.6 Å². The van der Waals surface area contributed by atoms with E-state index in [1.54, 1.807) is 31.4 Å². The van der Waals surface area contributed by atoms with E-state index in [-0.39, 0.29) is 12.2 Å². The van der Waals surface area contributed by atoms with Gasteiger partial charge in [0.1, 0.15) is 5.75 Å². The number of hydrogen-bond donors (Lipinski definition) is 0. The lowest BCUT2D eigenvalue weighted by Gasteiger charge is -2.15. The number of Topliss-reactive ketones (excluding diaryl/α,β-unsaturated/α-hetero) is 1. The summed E-state index contributed by atoms with van der Waals surface area (Å²) in [7, 11) is 2.93. The van der Waals surface area contributed by atoms with Crippen LogP contribution < -0.4 is 4.74 Å².